The van der Waals surface area contributed by atoms with Gasteiger partial charge in [-0.1, -0.05) is 23.7 Å². The summed E-state index contributed by atoms with van der Waals surface area (Å²) in [5, 5.41) is 11.1. The van der Waals surface area contributed by atoms with Gasteiger partial charge in [-0.05, 0) is 42.3 Å². The average molecular weight is 293 g/mol. The van der Waals surface area contributed by atoms with Crippen molar-refractivity contribution in [1.82, 2.24) is 0 Å². The molecule has 0 fully saturated rings. The Morgan fingerprint density at radius 1 is 1.10 bits per heavy atom. The smallest absolute Gasteiger partial charge is 0.126 e. The first-order chi connectivity index (χ1) is 9.58. The molecule has 4 heteroatoms. The van der Waals surface area contributed by atoms with Gasteiger partial charge in [-0.25, -0.2) is 0 Å². The minimum absolute atomic E-state index is 0.479. The summed E-state index contributed by atoms with van der Waals surface area (Å²) in [6.45, 7) is 1.92. The average Bonchev–Trinajstić information content (AvgIpc) is 2.46. The molecule has 0 radical (unpaired) electrons. The number of aliphatic hydroxyl groups excluding tert-OH is 1. The van der Waals surface area contributed by atoms with Gasteiger partial charge in [-0.2, -0.15) is 0 Å². The third kappa shape index (κ3) is 2.74. The van der Waals surface area contributed by atoms with Gasteiger partial charge >= 0.3 is 0 Å². The van der Waals surface area contributed by atoms with Crippen molar-refractivity contribution in [3.05, 3.63) is 58.1 Å². The van der Waals surface area contributed by atoms with E-state index in [0.29, 0.717) is 16.3 Å². The predicted molar refractivity (Wildman–Crippen MR) is 79.8 cm³/mol. The Labute approximate surface area is 123 Å². The molecule has 0 aromatic heterocycles. The molecule has 0 amide bonds. The number of aryl methyl sites for hydroxylation is 1. The number of methoxy groups -OCH3 is 2. The standard InChI is InChI=1S/C16H17ClO3/c1-10-9-11(19-2)7-8-12(10)16(18)15-13(17)5-4-6-14(15)20-3/h4-9,16,18H,1-3H3. The molecule has 1 unspecified atom stereocenters. The molecular weight excluding hydrogens is 276 g/mol. The third-order valence-corrected chi connectivity index (χ3v) is 3.61. The zero-order valence-electron chi connectivity index (χ0n) is 11.7. The Hall–Kier alpha value is -1.71. The lowest BCUT2D eigenvalue weighted by atomic mass is 9.96. The molecule has 1 atom stereocenters. The lowest BCUT2D eigenvalue weighted by molar-refractivity contribution is 0.214. The van der Waals surface area contributed by atoms with E-state index >= 15 is 0 Å². The van der Waals surface area contributed by atoms with E-state index in [9.17, 15) is 5.11 Å². The molecule has 106 valence electrons. The molecule has 2 rings (SSSR count). The Balaban J connectivity index is 2.49. The number of halogens is 1. The first-order valence-electron chi connectivity index (χ1n) is 6.23. The minimum atomic E-state index is -0.843. The van der Waals surface area contributed by atoms with Crippen LogP contribution in [0.15, 0.2) is 36.4 Å². The van der Waals surface area contributed by atoms with Crippen LogP contribution < -0.4 is 9.47 Å². The lowest BCUT2D eigenvalue weighted by Crippen LogP contribution is -2.05. The van der Waals surface area contributed by atoms with Gasteiger partial charge in [0.05, 0.1) is 19.2 Å². The quantitative estimate of drug-likeness (QED) is 0.933. The SMILES string of the molecule is COc1ccc(C(O)c2c(Cl)cccc2OC)c(C)c1. The van der Waals surface area contributed by atoms with Crippen LogP contribution in [-0.4, -0.2) is 19.3 Å². The number of hydrogen-bond donors (Lipinski definition) is 1. The molecule has 0 bridgehead atoms. The van der Waals surface area contributed by atoms with E-state index in [2.05, 4.69) is 0 Å². The molecule has 0 saturated carbocycles. The summed E-state index contributed by atoms with van der Waals surface area (Å²) in [7, 11) is 3.17. The van der Waals surface area contributed by atoms with E-state index in [4.69, 9.17) is 21.1 Å². The maximum atomic E-state index is 10.6. The van der Waals surface area contributed by atoms with Crippen LogP contribution in [0.4, 0.5) is 0 Å². The van der Waals surface area contributed by atoms with Crippen molar-refractivity contribution in [3.63, 3.8) is 0 Å². The second-order valence-corrected chi connectivity index (χ2v) is 4.89. The van der Waals surface area contributed by atoms with E-state index in [1.165, 1.54) is 0 Å². The van der Waals surface area contributed by atoms with Crippen LogP contribution in [0.1, 0.15) is 22.8 Å². The molecule has 0 aliphatic rings. The largest absolute Gasteiger partial charge is 0.497 e. The summed E-state index contributed by atoms with van der Waals surface area (Å²) in [5.41, 5.74) is 2.28. The van der Waals surface area contributed by atoms with Crippen molar-refractivity contribution in [2.24, 2.45) is 0 Å². The summed E-state index contributed by atoms with van der Waals surface area (Å²) < 4.78 is 10.5. The number of ether oxygens (including phenoxy) is 2. The highest BCUT2D eigenvalue weighted by Gasteiger charge is 2.20. The van der Waals surface area contributed by atoms with Crippen molar-refractivity contribution in [1.29, 1.82) is 0 Å². The van der Waals surface area contributed by atoms with Gasteiger partial charge in [0.25, 0.3) is 0 Å². The molecule has 3 nitrogen and oxygen atoms in total. The lowest BCUT2D eigenvalue weighted by Gasteiger charge is -2.18. The fraction of sp³-hybridized carbons (Fsp3) is 0.250. The summed E-state index contributed by atoms with van der Waals surface area (Å²) in [4.78, 5) is 0. The van der Waals surface area contributed by atoms with Gasteiger partial charge in [0.15, 0.2) is 0 Å². The maximum Gasteiger partial charge on any atom is 0.126 e. The number of rotatable bonds is 4. The van der Waals surface area contributed by atoms with Crippen LogP contribution in [0.2, 0.25) is 5.02 Å². The monoisotopic (exact) mass is 292 g/mol. The summed E-state index contributed by atoms with van der Waals surface area (Å²) >= 11 is 6.20. The highest BCUT2D eigenvalue weighted by Crippen LogP contribution is 2.37. The molecule has 0 heterocycles. The van der Waals surface area contributed by atoms with E-state index in [1.54, 1.807) is 32.4 Å². The van der Waals surface area contributed by atoms with E-state index in [1.807, 2.05) is 25.1 Å². The maximum absolute atomic E-state index is 10.6. The highest BCUT2D eigenvalue weighted by molar-refractivity contribution is 6.31. The van der Waals surface area contributed by atoms with Crippen LogP contribution in [0.5, 0.6) is 11.5 Å². The molecule has 2 aromatic rings. The molecular formula is C16H17ClO3. The van der Waals surface area contributed by atoms with Crippen LogP contribution >= 0.6 is 11.6 Å². The summed E-state index contributed by atoms with van der Waals surface area (Å²) in [6, 6.07) is 10.8. The topological polar surface area (TPSA) is 38.7 Å². The Kier molecular flexibility index (Phi) is 4.53. The van der Waals surface area contributed by atoms with Crippen LogP contribution in [0, 0.1) is 6.92 Å². The Morgan fingerprint density at radius 3 is 2.45 bits per heavy atom. The van der Waals surface area contributed by atoms with E-state index in [0.717, 1.165) is 16.9 Å². The van der Waals surface area contributed by atoms with E-state index < -0.39 is 6.10 Å². The van der Waals surface area contributed by atoms with Gasteiger partial charge in [0.2, 0.25) is 0 Å². The number of hydrogen-bond acceptors (Lipinski definition) is 3. The first-order valence-corrected chi connectivity index (χ1v) is 6.61. The second kappa shape index (κ2) is 6.16. The molecule has 1 N–H and O–H groups in total. The van der Waals surface area contributed by atoms with Crippen molar-refractivity contribution in [2.45, 2.75) is 13.0 Å². The second-order valence-electron chi connectivity index (χ2n) is 4.48. The number of aliphatic hydroxyl groups is 1. The molecule has 0 spiro atoms. The fourth-order valence-corrected chi connectivity index (χ4v) is 2.47. The summed E-state index contributed by atoms with van der Waals surface area (Å²) in [5.74, 6) is 1.32. The van der Waals surface area contributed by atoms with E-state index in [-0.39, 0.29) is 0 Å². The molecule has 0 aliphatic heterocycles. The van der Waals surface area contributed by atoms with Crippen molar-refractivity contribution < 1.29 is 14.6 Å². The van der Waals surface area contributed by atoms with Crippen molar-refractivity contribution >= 4 is 11.6 Å². The summed E-state index contributed by atoms with van der Waals surface area (Å²) in [6.07, 6.45) is -0.843. The zero-order chi connectivity index (χ0) is 14.7. The van der Waals surface area contributed by atoms with Crippen molar-refractivity contribution in [3.8, 4) is 11.5 Å². The third-order valence-electron chi connectivity index (χ3n) is 3.28. The normalized spacial score (nSPS) is 12.1. The molecule has 20 heavy (non-hydrogen) atoms. The van der Waals surface area contributed by atoms with Crippen LogP contribution in [0.25, 0.3) is 0 Å². The van der Waals surface area contributed by atoms with Gasteiger partial charge in [-0.15, -0.1) is 0 Å². The predicted octanol–water partition coefficient (Wildman–Crippen LogP) is 3.75. The Morgan fingerprint density at radius 2 is 1.85 bits per heavy atom. The van der Waals surface area contributed by atoms with Gasteiger partial charge < -0.3 is 14.6 Å². The van der Waals surface area contributed by atoms with Gasteiger partial charge in [-0.3, -0.25) is 0 Å². The highest BCUT2D eigenvalue weighted by atomic mass is 35.5. The Bertz CT molecular complexity index is 611. The van der Waals surface area contributed by atoms with Crippen LogP contribution in [-0.2, 0) is 0 Å². The zero-order valence-corrected chi connectivity index (χ0v) is 12.4. The molecule has 0 aliphatic carbocycles. The van der Waals surface area contributed by atoms with Crippen LogP contribution in [0.3, 0.4) is 0 Å². The molecule has 2 aromatic carbocycles. The minimum Gasteiger partial charge on any atom is -0.497 e. The fourth-order valence-electron chi connectivity index (χ4n) is 2.20. The van der Waals surface area contributed by atoms with Gasteiger partial charge in [0.1, 0.15) is 17.6 Å². The number of benzene rings is 2. The first kappa shape index (κ1) is 14.7. The molecule has 0 saturated heterocycles. The van der Waals surface area contributed by atoms with Crippen molar-refractivity contribution in [2.75, 3.05) is 14.2 Å². The van der Waals surface area contributed by atoms with Gasteiger partial charge in [0, 0.05) is 5.56 Å².